The van der Waals surface area contributed by atoms with E-state index < -0.39 is 10.0 Å². The zero-order valence-electron chi connectivity index (χ0n) is 11.4. The van der Waals surface area contributed by atoms with Crippen molar-refractivity contribution in [2.75, 3.05) is 6.54 Å². The summed E-state index contributed by atoms with van der Waals surface area (Å²) in [6, 6.07) is 2.52. The first-order valence-electron chi connectivity index (χ1n) is 6.24. The van der Waals surface area contributed by atoms with Crippen LogP contribution < -0.4 is 10.5 Å². The van der Waals surface area contributed by atoms with Crippen LogP contribution >= 0.6 is 11.6 Å². The Balaban J connectivity index is 2.30. The van der Waals surface area contributed by atoms with E-state index in [0.717, 1.165) is 12.8 Å². The Kier molecular flexibility index (Phi) is 3.83. The molecule has 2 rings (SSSR count). The average molecular weight is 317 g/mol. The molecule has 1 aromatic carbocycles. The first kappa shape index (κ1) is 15.3. The number of rotatable bonds is 4. The smallest absolute Gasteiger partial charge is 0.251 e. The summed E-state index contributed by atoms with van der Waals surface area (Å²) in [5, 5.41) is 8.10. The van der Waals surface area contributed by atoms with E-state index in [1.54, 1.807) is 6.92 Å². The zero-order valence-corrected chi connectivity index (χ0v) is 12.9. The van der Waals surface area contributed by atoms with Crippen molar-refractivity contribution in [1.29, 1.82) is 0 Å². The average Bonchev–Trinajstić information content (AvgIpc) is 3.07. The summed E-state index contributed by atoms with van der Waals surface area (Å²) >= 11 is 5.97. The summed E-state index contributed by atoms with van der Waals surface area (Å²) in [6.45, 7) is 4.33. The highest BCUT2D eigenvalue weighted by Crippen LogP contribution is 2.44. The topological polar surface area (TPSA) is 89.3 Å². The summed E-state index contributed by atoms with van der Waals surface area (Å²) in [6.07, 6.45) is 2.18. The number of benzene rings is 1. The molecule has 1 aliphatic rings. The Labute approximate surface area is 123 Å². The minimum Gasteiger partial charge on any atom is -0.351 e. The van der Waals surface area contributed by atoms with Crippen molar-refractivity contribution in [2.45, 2.75) is 31.6 Å². The van der Waals surface area contributed by atoms with Gasteiger partial charge in [0.1, 0.15) is 0 Å². The van der Waals surface area contributed by atoms with Crippen molar-refractivity contribution in [3.8, 4) is 0 Å². The fourth-order valence-corrected chi connectivity index (χ4v) is 2.68. The van der Waals surface area contributed by atoms with Crippen LogP contribution in [0.3, 0.4) is 0 Å². The highest BCUT2D eigenvalue weighted by molar-refractivity contribution is 7.89. The molecule has 1 saturated carbocycles. The molecule has 0 radical (unpaired) electrons. The van der Waals surface area contributed by atoms with E-state index in [4.69, 9.17) is 16.7 Å². The van der Waals surface area contributed by atoms with Crippen LogP contribution in [0.15, 0.2) is 17.0 Å². The number of nitrogens with two attached hydrogens (primary N) is 1. The maximum Gasteiger partial charge on any atom is 0.251 e. The number of hydrogen-bond donors (Lipinski definition) is 2. The van der Waals surface area contributed by atoms with Gasteiger partial charge in [-0.05, 0) is 42.9 Å². The Morgan fingerprint density at radius 3 is 2.55 bits per heavy atom. The highest BCUT2D eigenvalue weighted by atomic mass is 35.5. The molecule has 0 saturated heterocycles. The predicted octanol–water partition coefficient (Wildman–Crippen LogP) is 1.83. The molecule has 0 atom stereocenters. The molecule has 1 amide bonds. The van der Waals surface area contributed by atoms with Crippen molar-refractivity contribution in [3.05, 3.63) is 28.3 Å². The molecule has 5 nitrogen and oxygen atoms in total. The lowest BCUT2D eigenvalue weighted by Crippen LogP contribution is -2.30. The SMILES string of the molecule is Cc1c(Cl)cc(S(N)(=O)=O)cc1C(=O)NCC1(C)CC1. The van der Waals surface area contributed by atoms with Crippen molar-refractivity contribution < 1.29 is 13.2 Å². The molecule has 0 spiro atoms. The molecule has 1 fully saturated rings. The Bertz CT molecular complexity index is 666. The third kappa shape index (κ3) is 3.31. The van der Waals surface area contributed by atoms with Gasteiger partial charge in [-0.15, -0.1) is 0 Å². The van der Waals surface area contributed by atoms with Crippen LogP contribution in [0.5, 0.6) is 0 Å². The molecule has 3 N–H and O–H groups in total. The lowest BCUT2D eigenvalue weighted by molar-refractivity contribution is 0.0945. The van der Waals surface area contributed by atoms with Gasteiger partial charge in [0.25, 0.3) is 5.91 Å². The van der Waals surface area contributed by atoms with E-state index in [9.17, 15) is 13.2 Å². The van der Waals surface area contributed by atoms with Gasteiger partial charge in [-0.25, -0.2) is 13.6 Å². The number of sulfonamides is 1. The van der Waals surface area contributed by atoms with E-state index in [-0.39, 0.29) is 26.8 Å². The van der Waals surface area contributed by atoms with Gasteiger partial charge in [0, 0.05) is 17.1 Å². The number of halogens is 1. The minimum absolute atomic E-state index is 0.157. The Morgan fingerprint density at radius 2 is 2.05 bits per heavy atom. The molecule has 7 heteroatoms. The number of carbonyl (C=O) groups excluding carboxylic acids is 1. The van der Waals surface area contributed by atoms with Gasteiger partial charge in [0.15, 0.2) is 0 Å². The number of hydrogen-bond acceptors (Lipinski definition) is 3. The van der Waals surface area contributed by atoms with Crippen molar-refractivity contribution >= 4 is 27.5 Å². The van der Waals surface area contributed by atoms with Gasteiger partial charge in [0.2, 0.25) is 10.0 Å². The molecule has 1 aliphatic carbocycles. The molecule has 0 unspecified atom stereocenters. The zero-order chi connectivity index (χ0) is 15.1. The maximum absolute atomic E-state index is 12.2. The van der Waals surface area contributed by atoms with E-state index in [0.29, 0.717) is 12.1 Å². The second-order valence-electron chi connectivity index (χ2n) is 5.62. The van der Waals surface area contributed by atoms with Crippen molar-refractivity contribution in [1.82, 2.24) is 5.32 Å². The monoisotopic (exact) mass is 316 g/mol. The number of primary sulfonamides is 1. The van der Waals surface area contributed by atoms with Gasteiger partial charge >= 0.3 is 0 Å². The van der Waals surface area contributed by atoms with Gasteiger partial charge < -0.3 is 5.32 Å². The molecular weight excluding hydrogens is 300 g/mol. The summed E-state index contributed by atoms with van der Waals surface area (Å²) in [7, 11) is -3.89. The minimum atomic E-state index is -3.89. The summed E-state index contributed by atoms with van der Waals surface area (Å²) < 4.78 is 22.8. The highest BCUT2D eigenvalue weighted by Gasteiger charge is 2.37. The van der Waals surface area contributed by atoms with E-state index in [1.165, 1.54) is 12.1 Å². The normalized spacial score (nSPS) is 16.8. The lowest BCUT2D eigenvalue weighted by atomic mass is 10.1. The van der Waals surface area contributed by atoms with Crippen LogP contribution in [0, 0.1) is 12.3 Å². The fraction of sp³-hybridized carbons (Fsp3) is 0.462. The van der Waals surface area contributed by atoms with Gasteiger partial charge in [-0.2, -0.15) is 0 Å². The van der Waals surface area contributed by atoms with Crippen molar-refractivity contribution in [3.63, 3.8) is 0 Å². The quantitative estimate of drug-likeness (QED) is 0.888. The van der Waals surface area contributed by atoms with Crippen LogP contribution in [-0.4, -0.2) is 20.9 Å². The molecular formula is C13H17ClN2O3S. The molecule has 110 valence electrons. The fourth-order valence-electron chi connectivity index (χ4n) is 1.83. The predicted molar refractivity (Wildman–Crippen MR) is 77.2 cm³/mol. The molecule has 0 aromatic heterocycles. The van der Waals surface area contributed by atoms with E-state index in [1.807, 2.05) is 0 Å². The van der Waals surface area contributed by atoms with Crippen LogP contribution in [0.1, 0.15) is 35.7 Å². The van der Waals surface area contributed by atoms with Gasteiger partial charge in [-0.1, -0.05) is 18.5 Å². The van der Waals surface area contributed by atoms with Gasteiger partial charge in [0.05, 0.1) is 4.90 Å². The second kappa shape index (κ2) is 5.02. The summed E-state index contributed by atoms with van der Waals surface area (Å²) in [4.78, 5) is 12.0. The van der Waals surface area contributed by atoms with E-state index >= 15 is 0 Å². The maximum atomic E-state index is 12.2. The third-order valence-corrected chi connectivity index (χ3v) is 4.96. The van der Waals surface area contributed by atoms with Crippen LogP contribution in [0.4, 0.5) is 0 Å². The van der Waals surface area contributed by atoms with Crippen LogP contribution in [0.25, 0.3) is 0 Å². The third-order valence-electron chi connectivity index (χ3n) is 3.67. The summed E-state index contributed by atoms with van der Waals surface area (Å²) in [5.74, 6) is -0.331. The van der Waals surface area contributed by atoms with Crippen LogP contribution in [-0.2, 0) is 10.0 Å². The molecule has 0 bridgehead atoms. The molecule has 0 heterocycles. The Hall–Kier alpha value is -1.11. The van der Waals surface area contributed by atoms with Crippen LogP contribution in [0.2, 0.25) is 5.02 Å². The first-order valence-corrected chi connectivity index (χ1v) is 8.16. The molecule has 0 aliphatic heterocycles. The standard InChI is InChI=1S/C13H17ClN2O3S/c1-8-10(12(17)16-7-13(2)3-4-13)5-9(6-11(8)14)20(15,18)19/h5-6H,3-4,7H2,1-2H3,(H,16,17)(H2,15,18,19). The first-order chi connectivity index (χ1) is 9.12. The summed E-state index contributed by atoms with van der Waals surface area (Å²) in [5.41, 5.74) is 0.952. The van der Waals surface area contributed by atoms with Crippen molar-refractivity contribution in [2.24, 2.45) is 10.6 Å². The molecule has 20 heavy (non-hydrogen) atoms. The second-order valence-corrected chi connectivity index (χ2v) is 7.58. The Morgan fingerprint density at radius 1 is 1.45 bits per heavy atom. The molecule has 1 aromatic rings. The number of carbonyl (C=O) groups is 1. The lowest BCUT2D eigenvalue weighted by Gasteiger charge is -2.13. The van der Waals surface area contributed by atoms with E-state index in [2.05, 4.69) is 12.2 Å². The number of amides is 1. The number of nitrogens with one attached hydrogen (secondary N) is 1. The largest absolute Gasteiger partial charge is 0.351 e. The van der Waals surface area contributed by atoms with Gasteiger partial charge in [-0.3, -0.25) is 4.79 Å².